The zero-order valence-electron chi connectivity index (χ0n) is 40.4. The van der Waals surface area contributed by atoms with Crippen molar-refractivity contribution >= 4 is 13.7 Å². The van der Waals surface area contributed by atoms with E-state index in [0.29, 0.717) is 19.3 Å². The van der Waals surface area contributed by atoms with Crippen molar-refractivity contribution in [3.05, 3.63) is 0 Å². The molecule has 1 saturated carbocycles. The van der Waals surface area contributed by atoms with Crippen LogP contribution in [0.5, 0.6) is 0 Å². The van der Waals surface area contributed by atoms with E-state index in [-0.39, 0.29) is 12.3 Å². The number of aliphatic hydroxyl groups is 6. The van der Waals surface area contributed by atoms with Gasteiger partial charge in [-0.3, -0.25) is 13.8 Å². The van der Waals surface area contributed by atoms with E-state index in [1.54, 1.807) is 0 Å². The lowest BCUT2D eigenvalue weighted by Crippen LogP contribution is -2.64. The molecule has 0 aromatic carbocycles. The molecule has 0 aliphatic heterocycles. The number of carbonyl (C=O) groups excluding carboxylic acids is 1. The second-order valence-corrected chi connectivity index (χ2v) is 20.5. The summed E-state index contributed by atoms with van der Waals surface area (Å²) in [4.78, 5) is 23.5. The Morgan fingerprint density at radius 2 is 0.762 bits per heavy atom. The number of amides is 1. The predicted molar refractivity (Wildman–Crippen MR) is 255 cm³/mol. The predicted octanol–water partition coefficient (Wildman–Crippen LogP) is 11.0. The average molecular weight is 922 g/mol. The van der Waals surface area contributed by atoms with Crippen LogP contribution in [0, 0.1) is 0 Å². The third kappa shape index (κ3) is 31.9. The molecule has 1 rings (SSSR count). The quantitative estimate of drug-likeness (QED) is 0.0213. The first-order chi connectivity index (χ1) is 30.4. The van der Waals surface area contributed by atoms with Crippen LogP contribution in [0.2, 0.25) is 0 Å². The summed E-state index contributed by atoms with van der Waals surface area (Å²) in [5.41, 5.74) is 0. The number of phosphoric acid groups is 1. The SMILES string of the molecule is CCCCCCCCCCCCCCCCCCCCCCCC(=O)N[C@@H](COP(=O)(O)OC1[C@H](O)[C@H](O)C(O)[C@H](O)[C@H]1O)[C@H](O)CCCCCCCCCCCCCCCCC. The summed E-state index contributed by atoms with van der Waals surface area (Å²) < 4.78 is 23.0. The maximum absolute atomic E-state index is 13.0. The lowest BCUT2D eigenvalue weighted by molar-refractivity contribution is -0.220. The largest absolute Gasteiger partial charge is 0.472 e. The van der Waals surface area contributed by atoms with Crippen molar-refractivity contribution in [3.63, 3.8) is 0 Å². The molecule has 0 radical (unpaired) electrons. The van der Waals surface area contributed by atoms with Crippen LogP contribution in [0.1, 0.15) is 258 Å². The van der Waals surface area contributed by atoms with Gasteiger partial charge in [0.15, 0.2) is 0 Å². The van der Waals surface area contributed by atoms with Crippen LogP contribution in [0.15, 0.2) is 0 Å². The molecule has 12 nitrogen and oxygen atoms in total. The zero-order valence-corrected chi connectivity index (χ0v) is 41.3. The maximum Gasteiger partial charge on any atom is 0.472 e. The molecular weight excluding hydrogens is 822 g/mol. The highest BCUT2D eigenvalue weighted by Crippen LogP contribution is 2.47. The van der Waals surface area contributed by atoms with Gasteiger partial charge in [-0.05, 0) is 12.8 Å². The molecule has 9 atom stereocenters. The summed E-state index contributed by atoms with van der Waals surface area (Å²) in [6, 6.07) is -1.03. The Bertz CT molecular complexity index is 1070. The number of unbranched alkanes of at least 4 members (excludes halogenated alkanes) is 34. The highest BCUT2D eigenvalue weighted by atomic mass is 31.2. The Kier molecular flexibility index (Phi) is 38.7. The Morgan fingerprint density at radius 3 is 1.10 bits per heavy atom. The molecule has 1 aliphatic carbocycles. The van der Waals surface area contributed by atoms with Gasteiger partial charge in [0.1, 0.15) is 36.6 Å². The molecule has 1 amide bonds. The summed E-state index contributed by atoms with van der Waals surface area (Å²) >= 11 is 0. The van der Waals surface area contributed by atoms with Crippen molar-refractivity contribution in [2.75, 3.05) is 6.61 Å². The van der Waals surface area contributed by atoms with Crippen molar-refractivity contribution in [3.8, 4) is 0 Å². The van der Waals surface area contributed by atoms with E-state index in [4.69, 9.17) is 9.05 Å². The monoisotopic (exact) mass is 922 g/mol. The Balaban J connectivity index is 2.36. The fourth-order valence-electron chi connectivity index (χ4n) is 8.85. The van der Waals surface area contributed by atoms with Gasteiger partial charge in [0.2, 0.25) is 5.91 Å². The van der Waals surface area contributed by atoms with E-state index in [1.165, 1.54) is 180 Å². The highest BCUT2D eigenvalue weighted by molar-refractivity contribution is 7.47. The van der Waals surface area contributed by atoms with Crippen LogP contribution in [0.3, 0.4) is 0 Å². The summed E-state index contributed by atoms with van der Waals surface area (Å²) in [5.74, 6) is -0.302. The first-order valence-corrected chi connectivity index (χ1v) is 28.0. The van der Waals surface area contributed by atoms with Crippen LogP contribution < -0.4 is 5.32 Å². The minimum atomic E-state index is -5.05. The van der Waals surface area contributed by atoms with Crippen LogP contribution in [0.25, 0.3) is 0 Å². The number of hydrogen-bond acceptors (Lipinski definition) is 10. The standard InChI is InChI=1S/C50H100NO11P/c1-3-5-7-9-11-13-15-17-19-20-21-22-23-24-26-28-30-32-34-36-38-40-44(53)51-42(41-61-63(59,60)62-50-48(57)46(55)45(54)47(56)49(50)58)43(52)39-37-35-33-31-29-27-25-18-16-14-12-10-8-6-4-2/h42-43,45-50,52,54-58H,3-41H2,1-2H3,(H,51,53)(H,59,60)/t42-,43+,45?,46-,47+,48+,49+,50?/m0/s1. The van der Waals surface area contributed by atoms with E-state index >= 15 is 0 Å². The van der Waals surface area contributed by atoms with Crippen LogP contribution >= 0.6 is 7.82 Å². The first-order valence-electron chi connectivity index (χ1n) is 26.5. The molecule has 3 unspecified atom stereocenters. The van der Waals surface area contributed by atoms with E-state index in [2.05, 4.69) is 19.2 Å². The van der Waals surface area contributed by atoms with Crippen LogP contribution in [0.4, 0.5) is 0 Å². The van der Waals surface area contributed by atoms with Gasteiger partial charge in [-0.2, -0.15) is 0 Å². The Labute approximate surface area is 385 Å². The van der Waals surface area contributed by atoms with Crippen LogP contribution in [-0.2, 0) is 18.4 Å². The highest BCUT2D eigenvalue weighted by Gasteiger charge is 2.51. The molecule has 0 bridgehead atoms. The van der Waals surface area contributed by atoms with Gasteiger partial charge in [0.05, 0.1) is 18.8 Å². The second kappa shape index (κ2) is 40.4. The van der Waals surface area contributed by atoms with Gasteiger partial charge >= 0.3 is 7.82 Å². The van der Waals surface area contributed by atoms with Crippen molar-refractivity contribution in [2.45, 2.75) is 307 Å². The van der Waals surface area contributed by atoms with Gasteiger partial charge < -0.3 is 40.8 Å². The Morgan fingerprint density at radius 1 is 0.476 bits per heavy atom. The van der Waals surface area contributed by atoms with Gasteiger partial charge in [-0.25, -0.2) is 4.57 Å². The fourth-order valence-corrected chi connectivity index (χ4v) is 9.82. The van der Waals surface area contributed by atoms with Crippen molar-refractivity contribution in [1.29, 1.82) is 0 Å². The van der Waals surface area contributed by atoms with Crippen molar-refractivity contribution in [2.24, 2.45) is 0 Å². The van der Waals surface area contributed by atoms with Gasteiger partial charge in [0.25, 0.3) is 0 Å². The number of hydrogen-bond donors (Lipinski definition) is 8. The third-order valence-electron chi connectivity index (χ3n) is 13.2. The first kappa shape index (κ1) is 60.4. The van der Waals surface area contributed by atoms with E-state index in [1.807, 2.05) is 0 Å². The molecule has 63 heavy (non-hydrogen) atoms. The molecule has 1 fully saturated rings. The molecule has 13 heteroatoms. The molecule has 0 aromatic rings. The summed E-state index contributed by atoms with van der Waals surface area (Å²) in [5, 5.41) is 64.3. The Hall–Kier alpha value is -0.660. The molecule has 0 spiro atoms. The second-order valence-electron chi connectivity index (χ2n) is 19.1. The summed E-state index contributed by atoms with van der Waals surface area (Å²) in [6.45, 7) is 3.93. The molecule has 1 aliphatic rings. The molecular formula is C50H100NO11P. The fraction of sp³-hybridized carbons (Fsp3) is 0.980. The van der Waals surface area contributed by atoms with Crippen molar-refractivity contribution in [1.82, 2.24) is 5.32 Å². The minimum absolute atomic E-state index is 0.243. The van der Waals surface area contributed by atoms with E-state index in [0.717, 1.165) is 38.5 Å². The van der Waals surface area contributed by atoms with Gasteiger partial charge in [0, 0.05) is 6.42 Å². The number of rotatable bonds is 45. The molecule has 376 valence electrons. The van der Waals surface area contributed by atoms with E-state index in [9.17, 15) is 44.9 Å². The number of phosphoric ester groups is 1. The van der Waals surface area contributed by atoms with Crippen LogP contribution in [-0.4, -0.2) is 96.8 Å². The maximum atomic E-state index is 13.0. The minimum Gasteiger partial charge on any atom is -0.391 e. The number of nitrogens with one attached hydrogen (secondary N) is 1. The van der Waals surface area contributed by atoms with Gasteiger partial charge in [-0.1, -0.05) is 239 Å². The molecule has 0 saturated heterocycles. The van der Waals surface area contributed by atoms with Gasteiger partial charge in [-0.15, -0.1) is 0 Å². The average Bonchev–Trinajstić information content (AvgIpc) is 3.27. The van der Waals surface area contributed by atoms with E-state index < -0.39 is 63.2 Å². The molecule has 0 heterocycles. The third-order valence-corrected chi connectivity index (χ3v) is 14.2. The summed E-state index contributed by atoms with van der Waals surface area (Å²) in [7, 11) is -5.05. The normalized spacial score (nSPS) is 22.2. The summed E-state index contributed by atoms with van der Waals surface area (Å²) in [6.07, 6.45) is 32.7. The lowest BCUT2D eigenvalue weighted by Gasteiger charge is -2.41. The topological polar surface area (TPSA) is 206 Å². The molecule has 8 N–H and O–H groups in total. The number of carbonyl (C=O) groups is 1. The van der Waals surface area contributed by atoms with Crippen molar-refractivity contribution < 1.29 is 53.9 Å². The molecule has 0 aromatic heterocycles. The lowest BCUT2D eigenvalue weighted by atomic mass is 9.85. The smallest absolute Gasteiger partial charge is 0.391 e. The number of aliphatic hydroxyl groups excluding tert-OH is 6. The zero-order chi connectivity index (χ0) is 46.4.